The average Bonchev–Trinajstić information content (AvgIpc) is 2.38. The highest BCUT2D eigenvalue weighted by atomic mass is 32.2. The zero-order chi connectivity index (χ0) is 15.7. The molecule has 0 spiro atoms. The second-order valence-electron chi connectivity index (χ2n) is 7.12. The summed E-state index contributed by atoms with van der Waals surface area (Å²) < 4.78 is 24.9. The van der Waals surface area contributed by atoms with Crippen LogP contribution >= 0.6 is 0 Å². The van der Waals surface area contributed by atoms with E-state index >= 15 is 0 Å². The summed E-state index contributed by atoms with van der Waals surface area (Å²) >= 11 is 0. The molecule has 0 aromatic carbocycles. The lowest BCUT2D eigenvalue weighted by Gasteiger charge is -2.41. The molecule has 3 atom stereocenters. The lowest BCUT2D eigenvalue weighted by molar-refractivity contribution is -0.153. The molecule has 0 radical (unpaired) electrons. The van der Waals surface area contributed by atoms with Gasteiger partial charge >= 0.3 is 5.97 Å². The number of sulfonamides is 1. The first-order valence-corrected chi connectivity index (χ1v) is 9.76. The van der Waals surface area contributed by atoms with E-state index < -0.39 is 21.4 Å². The van der Waals surface area contributed by atoms with Crippen LogP contribution < -0.4 is 0 Å². The molecule has 21 heavy (non-hydrogen) atoms. The maximum absolute atomic E-state index is 11.8. The molecular formula is C15H27NO4S. The van der Waals surface area contributed by atoms with Gasteiger partial charge in [-0.25, -0.2) is 12.7 Å². The Hall–Kier alpha value is -0.620. The summed E-state index contributed by atoms with van der Waals surface area (Å²) in [7, 11) is -3.16. The fourth-order valence-corrected chi connectivity index (χ4v) is 5.12. The van der Waals surface area contributed by atoms with Crippen LogP contribution in [0.4, 0.5) is 0 Å². The Bertz CT molecular complexity index is 490. The van der Waals surface area contributed by atoms with Crippen LogP contribution in [0, 0.1) is 17.3 Å². The third-order valence-electron chi connectivity index (χ3n) is 5.18. The van der Waals surface area contributed by atoms with E-state index in [2.05, 4.69) is 6.92 Å². The number of hydrogen-bond acceptors (Lipinski definition) is 3. The SMILES string of the molecule is CC1CCCC(CC2CCCN(S(C)(=O)=O)C2)(C(=O)O)C1. The number of carboxylic acids is 1. The Morgan fingerprint density at radius 3 is 2.62 bits per heavy atom. The number of nitrogens with zero attached hydrogens (tertiary/aromatic N) is 1. The molecule has 6 heteroatoms. The van der Waals surface area contributed by atoms with Gasteiger partial charge in [0.25, 0.3) is 0 Å². The maximum atomic E-state index is 11.8. The van der Waals surface area contributed by atoms with Crippen molar-refractivity contribution in [3.8, 4) is 0 Å². The molecule has 2 aliphatic rings. The predicted molar refractivity (Wildman–Crippen MR) is 81.5 cm³/mol. The molecule has 0 amide bonds. The van der Waals surface area contributed by atoms with Crippen molar-refractivity contribution in [1.82, 2.24) is 4.31 Å². The van der Waals surface area contributed by atoms with Crippen molar-refractivity contribution in [2.24, 2.45) is 17.3 Å². The minimum absolute atomic E-state index is 0.176. The largest absolute Gasteiger partial charge is 0.481 e. The summed E-state index contributed by atoms with van der Waals surface area (Å²) in [6.45, 7) is 3.19. The van der Waals surface area contributed by atoms with Gasteiger partial charge in [0, 0.05) is 13.1 Å². The van der Waals surface area contributed by atoms with E-state index in [9.17, 15) is 18.3 Å². The second kappa shape index (κ2) is 6.24. The third kappa shape index (κ3) is 3.97. The highest BCUT2D eigenvalue weighted by molar-refractivity contribution is 7.88. The van der Waals surface area contributed by atoms with Crippen molar-refractivity contribution < 1.29 is 18.3 Å². The Morgan fingerprint density at radius 1 is 1.33 bits per heavy atom. The van der Waals surface area contributed by atoms with Crippen molar-refractivity contribution >= 4 is 16.0 Å². The first-order chi connectivity index (χ1) is 9.73. The normalized spacial score (nSPS) is 35.5. The zero-order valence-corrected chi connectivity index (χ0v) is 13.9. The molecule has 5 nitrogen and oxygen atoms in total. The molecule has 0 aromatic rings. The molecular weight excluding hydrogens is 290 g/mol. The minimum atomic E-state index is -3.16. The van der Waals surface area contributed by atoms with Gasteiger partial charge in [-0.1, -0.05) is 19.8 Å². The van der Waals surface area contributed by atoms with Gasteiger partial charge in [-0.3, -0.25) is 4.79 Å². The highest BCUT2D eigenvalue weighted by Crippen LogP contribution is 2.45. The average molecular weight is 317 g/mol. The molecule has 122 valence electrons. The quantitative estimate of drug-likeness (QED) is 0.863. The molecule has 0 aromatic heterocycles. The Labute approximate surface area is 127 Å². The van der Waals surface area contributed by atoms with Crippen molar-refractivity contribution in [2.75, 3.05) is 19.3 Å². The van der Waals surface area contributed by atoms with Gasteiger partial charge in [-0.2, -0.15) is 0 Å². The van der Waals surface area contributed by atoms with Gasteiger partial charge in [-0.05, 0) is 43.9 Å². The summed E-state index contributed by atoms with van der Waals surface area (Å²) in [5.41, 5.74) is -0.636. The van der Waals surface area contributed by atoms with Crippen molar-refractivity contribution in [3.05, 3.63) is 0 Å². The van der Waals surface area contributed by atoms with Crippen LogP contribution in [-0.4, -0.2) is 43.1 Å². The minimum Gasteiger partial charge on any atom is -0.481 e. The van der Waals surface area contributed by atoms with Gasteiger partial charge in [0.05, 0.1) is 11.7 Å². The number of carbonyl (C=O) groups is 1. The first kappa shape index (κ1) is 16.7. The van der Waals surface area contributed by atoms with E-state index in [1.54, 1.807) is 0 Å². The zero-order valence-electron chi connectivity index (χ0n) is 13.0. The highest BCUT2D eigenvalue weighted by Gasteiger charge is 2.44. The van der Waals surface area contributed by atoms with E-state index in [0.717, 1.165) is 38.5 Å². The maximum Gasteiger partial charge on any atom is 0.309 e. The van der Waals surface area contributed by atoms with E-state index in [1.165, 1.54) is 10.6 Å². The summed E-state index contributed by atoms with van der Waals surface area (Å²) in [5, 5.41) is 9.73. The van der Waals surface area contributed by atoms with Crippen LogP contribution in [0.2, 0.25) is 0 Å². The van der Waals surface area contributed by atoms with Gasteiger partial charge < -0.3 is 5.11 Å². The van der Waals surface area contributed by atoms with Gasteiger partial charge in [0.15, 0.2) is 0 Å². The van der Waals surface area contributed by atoms with Crippen LogP contribution in [-0.2, 0) is 14.8 Å². The topological polar surface area (TPSA) is 74.7 Å². The molecule has 1 saturated heterocycles. The van der Waals surface area contributed by atoms with E-state index in [-0.39, 0.29) is 5.92 Å². The monoisotopic (exact) mass is 317 g/mol. The fourth-order valence-electron chi connectivity index (χ4n) is 4.17. The number of aliphatic carboxylic acids is 1. The van der Waals surface area contributed by atoms with Crippen LogP contribution in [0.25, 0.3) is 0 Å². The van der Waals surface area contributed by atoms with Crippen LogP contribution in [0.3, 0.4) is 0 Å². The molecule has 1 heterocycles. The molecule has 1 saturated carbocycles. The number of rotatable bonds is 4. The smallest absolute Gasteiger partial charge is 0.309 e. The Kier molecular flexibility index (Phi) is 4.98. The molecule has 2 rings (SSSR count). The van der Waals surface area contributed by atoms with Crippen molar-refractivity contribution in [2.45, 2.75) is 51.9 Å². The van der Waals surface area contributed by atoms with Gasteiger partial charge in [-0.15, -0.1) is 0 Å². The molecule has 3 unspecified atom stereocenters. The van der Waals surface area contributed by atoms with E-state index in [4.69, 9.17) is 0 Å². The number of piperidine rings is 1. The van der Waals surface area contributed by atoms with E-state index in [1.807, 2.05) is 0 Å². The lowest BCUT2D eigenvalue weighted by Crippen LogP contribution is -2.44. The fraction of sp³-hybridized carbons (Fsp3) is 0.933. The van der Waals surface area contributed by atoms with Crippen LogP contribution in [0.1, 0.15) is 51.9 Å². The predicted octanol–water partition coefficient (Wildman–Crippen LogP) is 2.33. The summed E-state index contributed by atoms with van der Waals surface area (Å²) in [6, 6.07) is 0. The standard InChI is InChI=1S/C15H27NO4S/c1-12-5-3-7-15(9-12,14(17)18)10-13-6-4-8-16(11-13)21(2,19)20/h12-13H,3-11H2,1-2H3,(H,17,18). The van der Waals surface area contributed by atoms with Gasteiger partial charge in [0.2, 0.25) is 10.0 Å². The van der Waals surface area contributed by atoms with E-state index in [0.29, 0.717) is 25.4 Å². The molecule has 2 fully saturated rings. The van der Waals surface area contributed by atoms with Crippen molar-refractivity contribution in [3.63, 3.8) is 0 Å². The lowest BCUT2D eigenvalue weighted by atomic mass is 9.65. The first-order valence-electron chi connectivity index (χ1n) is 7.91. The molecule has 1 aliphatic carbocycles. The second-order valence-corrected chi connectivity index (χ2v) is 9.10. The molecule has 0 bridgehead atoms. The molecule has 1 aliphatic heterocycles. The van der Waals surface area contributed by atoms with Crippen molar-refractivity contribution in [1.29, 1.82) is 0 Å². The Morgan fingerprint density at radius 2 is 2.05 bits per heavy atom. The van der Waals surface area contributed by atoms with Gasteiger partial charge in [0.1, 0.15) is 0 Å². The van der Waals surface area contributed by atoms with Crippen LogP contribution in [0.5, 0.6) is 0 Å². The summed E-state index contributed by atoms with van der Waals surface area (Å²) in [6.07, 6.45) is 7.19. The summed E-state index contributed by atoms with van der Waals surface area (Å²) in [5.74, 6) is -0.0649. The Balaban J connectivity index is 2.08. The molecule has 1 N–H and O–H groups in total. The summed E-state index contributed by atoms with van der Waals surface area (Å²) in [4.78, 5) is 11.8. The number of hydrogen-bond donors (Lipinski definition) is 1. The third-order valence-corrected chi connectivity index (χ3v) is 6.44. The van der Waals surface area contributed by atoms with Crippen LogP contribution in [0.15, 0.2) is 0 Å². The number of carboxylic acid groups (broad SMARTS) is 1.